The van der Waals surface area contributed by atoms with E-state index >= 15 is 0 Å². The molecule has 0 aliphatic rings. The van der Waals surface area contributed by atoms with E-state index in [9.17, 15) is 18.0 Å². The predicted octanol–water partition coefficient (Wildman–Crippen LogP) is 5.80. The lowest BCUT2D eigenvalue weighted by atomic mass is 9.84. The smallest absolute Gasteiger partial charge is 0.361 e. The molecule has 3 aromatic rings. The van der Waals surface area contributed by atoms with Crippen LogP contribution >= 0.6 is 0 Å². The number of hydrogen-bond acceptors (Lipinski definition) is 1. The molecule has 0 radical (unpaired) electrons. The van der Waals surface area contributed by atoms with Gasteiger partial charge in [0.1, 0.15) is 0 Å². The summed E-state index contributed by atoms with van der Waals surface area (Å²) in [7, 11) is 0. The number of hydrogen-bond donors (Lipinski definition) is 2. The van der Waals surface area contributed by atoms with Crippen LogP contribution in [-0.2, 0) is 17.4 Å². The number of benzene rings is 2. The molecule has 1 heterocycles. The van der Waals surface area contributed by atoms with Crippen LogP contribution in [0.4, 0.5) is 13.2 Å². The molecule has 154 valence electrons. The maximum Gasteiger partial charge on any atom is 0.416 e. The third-order valence-corrected chi connectivity index (χ3v) is 5.19. The third kappa shape index (κ3) is 4.47. The molecule has 0 aliphatic carbocycles. The molecular formula is C23H25F3N2O. The largest absolute Gasteiger partial charge is 0.416 e. The number of para-hydroxylation sites is 1. The minimum absolute atomic E-state index is 0.0452. The van der Waals surface area contributed by atoms with Gasteiger partial charge in [0.25, 0.3) is 0 Å². The Labute approximate surface area is 168 Å². The molecule has 0 unspecified atom stereocenters. The van der Waals surface area contributed by atoms with Gasteiger partial charge in [0.2, 0.25) is 5.91 Å². The Bertz CT molecular complexity index is 991. The van der Waals surface area contributed by atoms with Gasteiger partial charge < -0.3 is 10.3 Å². The van der Waals surface area contributed by atoms with Crippen molar-refractivity contribution in [2.24, 2.45) is 0 Å². The fraction of sp³-hybridized carbons (Fsp3) is 0.348. The summed E-state index contributed by atoms with van der Waals surface area (Å²) in [5, 5.41) is 3.65. The van der Waals surface area contributed by atoms with E-state index in [0.29, 0.717) is 12.1 Å². The Hall–Kier alpha value is -2.76. The Balaban J connectivity index is 2.15. The first kappa shape index (κ1) is 21.0. The van der Waals surface area contributed by atoms with Crippen LogP contribution in [0.25, 0.3) is 10.9 Å². The van der Waals surface area contributed by atoms with Crippen molar-refractivity contribution in [2.75, 3.05) is 6.54 Å². The van der Waals surface area contributed by atoms with Crippen LogP contribution in [0.1, 0.15) is 54.9 Å². The molecule has 2 aromatic carbocycles. The second kappa shape index (κ2) is 8.72. The Morgan fingerprint density at radius 3 is 2.52 bits per heavy atom. The minimum atomic E-state index is -4.49. The third-order valence-electron chi connectivity index (χ3n) is 5.19. The highest BCUT2D eigenvalue weighted by Crippen LogP contribution is 2.41. The van der Waals surface area contributed by atoms with Crippen molar-refractivity contribution in [1.82, 2.24) is 10.3 Å². The summed E-state index contributed by atoms with van der Waals surface area (Å²) in [6.07, 6.45) is -1.22. The van der Waals surface area contributed by atoms with Gasteiger partial charge in [-0.2, -0.15) is 13.2 Å². The van der Waals surface area contributed by atoms with Crippen LogP contribution in [0.5, 0.6) is 0 Å². The van der Waals surface area contributed by atoms with Crippen molar-refractivity contribution in [1.29, 1.82) is 0 Å². The molecule has 0 saturated carbocycles. The molecule has 3 rings (SSSR count). The summed E-state index contributed by atoms with van der Waals surface area (Å²) >= 11 is 0. The van der Waals surface area contributed by atoms with Crippen molar-refractivity contribution >= 4 is 16.8 Å². The molecule has 0 bridgehead atoms. The maximum atomic E-state index is 13.7. The second-order valence-corrected chi connectivity index (χ2v) is 7.13. The first-order valence-corrected chi connectivity index (χ1v) is 9.88. The number of amides is 1. The minimum Gasteiger partial charge on any atom is -0.361 e. The van der Waals surface area contributed by atoms with Crippen molar-refractivity contribution < 1.29 is 18.0 Å². The topological polar surface area (TPSA) is 44.9 Å². The van der Waals surface area contributed by atoms with Crippen LogP contribution < -0.4 is 5.32 Å². The monoisotopic (exact) mass is 402 g/mol. The van der Waals surface area contributed by atoms with E-state index in [4.69, 9.17) is 0 Å². The molecule has 0 aliphatic heterocycles. The zero-order valence-electron chi connectivity index (χ0n) is 16.6. The number of rotatable bonds is 7. The summed E-state index contributed by atoms with van der Waals surface area (Å²) in [5.74, 6) is -0.958. The molecule has 6 heteroatoms. The lowest BCUT2D eigenvalue weighted by Gasteiger charge is -2.21. The van der Waals surface area contributed by atoms with Crippen LogP contribution in [0.2, 0.25) is 0 Å². The number of nitrogens with one attached hydrogen (secondary N) is 2. The van der Waals surface area contributed by atoms with E-state index in [1.54, 1.807) is 12.3 Å². The van der Waals surface area contributed by atoms with E-state index < -0.39 is 17.7 Å². The van der Waals surface area contributed by atoms with Gasteiger partial charge >= 0.3 is 6.18 Å². The molecule has 1 atom stereocenters. The number of alkyl halides is 3. The van der Waals surface area contributed by atoms with Gasteiger partial charge in [0.05, 0.1) is 5.56 Å². The summed E-state index contributed by atoms with van der Waals surface area (Å²) in [6.45, 7) is 4.47. The average Bonchev–Trinajstić information content (AvgIpc) is 3.14. The molecule has 1 aromatic heterocycles. The highest BCUT2D eigenvalue weighted by atomic mass is 19.4. The molecule has 0 saturated heterocycles. The van der Waals surface area contributed by atoms with Crippen LogP contribution in [-0.4, -0.2) is 17.4 Å². The highest BCUT2D eigenvalue weighted by Gasteiger charge is 2.36. The van der Waals surface area contributed by atoms with E-state index in [0.717, 1.165) is 35.4 Å². The highest BCUT2D eigenvalue weighted by molar-refractivity contribution is 5.88. The zero-order chi connectivity index (χ0) is 21.0. The zero-order valence-corrected chi connectivity index (χ0v) is 16.6. The van der Waals surface area contributed by atoms with E-state index in [1.165, 1.54) is 12.1 Å². The second-order valence-electron chi connectivity index (χ2n) is 7.13. The van der Waals surface area contributed by atoms with Gasteiger partial charge in [-0.3, -0.25) is 4.79 Å². The number of carbonyl (C=O) groups is 1. The molecular weight excluding hydrogens is 377 g/mol. The predicted molar refractivity (Wildman–Crippen MR) is 109 cm³/mol. The van der Waals surface area contributed by atoms with Gasteiger partial charge in [-0.15, -0.1) is 0 Å². The molecule has 29 heavy (non-hydrogen) atoms. The maximum absolute atomic E-state index is 13.7. The van der Waals surface area contributed by atoms with Crippen LogP contribution in [0.15, 0.2) is 48.7 Å². The summed E-state index contributed by atoms with van der Waals surface area (Å²) in [4.78, 5) is 15.7. The fourth-order valence-electron chi connectivity index (χ4n) is 3.79. The number of fused-ring (bicyclic) bond motifs is 1. The SMILES string of the molecule is CCCNC(=O)C[C@H](c1ccccc1C(F)(F)F)c1c[nH]c2c(CC)cccc12. The summed E-state index contributed by atoms with van der Waals surface area (Å²) in [6, 6.07) is 11.3. The Morgan fingerprint density at radius 2 is 1.83 bits per heavy atom. The lowest BCUT2D eigenvalue weighted by molar-refractivity contribution is -0.138. The molecule has 2 N–H and O–H groups in total. The summed E-state index contributed by atoms with van der Waals surface area (Å²) < 4.78 is 41.1. The van der Waals surface area contributed by atoms with Crippen molar-refractivity contribution in [3.05, 3.63) is 70.9 Å². The van der Waals surface area contributed by atoms with Crippen molar-refractivity contribution in [3.63, 3.8) is 0 Å². The van der Waals surface area contributed by atoms with E-state index in [2.05, 4.69) is 10.3 Å². The molecule has 0 fully saturated rings. The van der Waals surface area contributed by atoms with Crippen LogP contribution in [0.3, 0.4) is 0 Å². The first-order chi connectivity index (χ1) is 13.9. The molecule has 0 spiro atoms. The van der Waals surface area contributed by atoms with Crippen molar-refractivity contribution in [2.45, 2.75) is 45.2 Å². The van der Waals surface area contributed by atoms with Gasteiger partial charge in [0.15, 0.2) is 0 Å². The van der Waals surface area contributed by atoms with Gasteiger partial charge in [-0.1, -0.05) is 50.2 Å². The van der Waals surface area contributed by atoms with Gasteiger partial charge in [-0.25, -0.2) is 0 Å². The summed E-state index contributed by atoms with van der Waals surface area (Å²) in [5.41, 5.74) is 2.13. The van der Waals surface area contributed by atoms with Gasteiger partial charge in [0, 0.05) is 36.0 Å². The molecule has 1 amide bonds. The van der Waals surface area contributed by atoms with Gasteiger partial charge in [-0.05, 0) is 35.6 Å². The quantitative estimate of drug-likeness (QED) is 0.516. The lowest BCUT2D eigenvalue weighted by Crippen LogP contribution is -2.26. The van der Waals surface area contributed by atoms with Crippen molar-refractivity contribution in [3.8, 4) is 0 Å². The normalized spacial score (nSPS) is 12.9. The van der Waals surface area contributed by atoms with E-state index in [-0.39, 0.29) is 17.9 Å². The first-order valence-electron chi connectivity index (χ1n) is 9.88. The number of carbonyl (C=O) groups excluding carboxylic acids is 1. The Morgan fingerprint density at radius 1 is 1.07 bits per heavy atom. The number of aromatic nitrogens is 1. The molecule has 3 nitrogen and oxygen atoms in total. The number of halogens is 3. The Kier molecular flexibility index (Phi) is 6.30. The average molecular weight is 402 g/mol. The van der Waals surface area contributed by atoms with E-state index in [1.807, 2.05) is 32.0 Å². The number of aromatic amines is 1. The number of H-pyrrole nitrogens is 1. The van der Waals surface area contributed by atoms with Crippen LogP contribution in [0, 0.1) is 0 Å². The number of aryl methyl sites for hydroxylation is 1. The standard InChI is InChI=1S/C23H25F3N2O/c1-3-12-27-21(29)13-18(16-9-5-6-11-20(16)23(24,25)26)19-14-28-22-15(4-2)8-7-10-17(19)22/h5-11,14,18,28H,3-4,12-13H2,1-2H3,(H,27,29)/t18-/m1/s1. The fourth-order valence-corrected chi connectivity index (χ4v) is 3.79.